The molecule has 3 rings (SSSR count). The molecule has 3 aliphatic carbocycles. The van der Waals surface area contributed by atoms with E-state index < -0.39 is 0 Å². The lowest BCUT2D eigenvalue weighted by Gasteiger charge is -2.48. The van der Waals surface area contributed by atoms with Gasteiger partial charge >= 0.3 is 5.97 Å². The van der Waals surface area contributed by atoms with Crippen LogP contribution in [0.5, 0.6) is 0 Å². The minimum absolute atomic E-state index is 0.112. The molecule has 3 nitrogen and oxygen atoms in total. The van der Waals surface area contributed by atoms with E-state index in [1.165, 1.54) is 76.7 Å². The van der Waals surface area contributed by atoms with Crippen LogP contribution >= 0.6 is 0 Å². The van der Waals surface area contributed by atoms with Crippen LogP contribution in [0.4, 0.5) is 0 Å². The van der Waals surface area contributed by atoms with Crippen molar-refractivity contribution in [3.8, 4) is 0 Å². The Kier molecular flexibility index (Phi) is 6.98. The maximum absolute atomic E-state index is 11.5. The summed E-state index contributed by atoms with van der Waals surface area (Å²) in [4.78, 5) is 14.4. The Hall–Kier alpha value is -0.830. The molecule has 0 atom stereocenters. The number of rotatable bonds is 5. The van der Waals surface area contributed by atoms with E-state index in [0.717, 1.165) is 30.8 Å². The molecule has 0 aromatic rings. The molecule has 0 spiro atoms. The van der Waals surface area contributed by atoms with Gasteiger partial charge in [-0.2, -0.15) is 0 Å². The zero-order valence-electron chi connectivity index (χ0n) is 16.1. The van der Waals surface area contributed by atoms with Gasteiger partial charge in [0, 0.05) is 24.2 Å². The number of nitrogens with zero attached hydrogens (tertiary/aromatic N) is 1. The fraction of sp³-hybridized carbons (Fsp3) is 0.864. The number of carbonyl (C=O) groups excluding carboxylic acids is 1. The molecule has 0 unspecified atom stereocenters. The molecule has 0 radical (unpaired) electrons. The third-order valence-electron chi connectivity index (χ3n) is 6.92. The van der Waals surface area contributed by atoms with E-state index in [-0.39, 0.29) is 12.1 Å². The van der Waals surface area contributed by atoms with Gasteiger partial charge in [-0.15, -0.1) is 0 Å². The van der Waals surface area contributed by atoms with Crippen LogP contribution < -0.4 is 0 Å². The van der Waals surface area contributed by atoms with Crippen LogP contribution in [0.3, 0.4) is 0 Å². The third kappa shape index (κ3) is 5.09. The van der Waals surface area contributed by atoms with Crippen LogP contribution in [-0.4, -0.2) is 35.1 Å². The minimum atomic E-state index is -0.256. The molecule has 0 bridgehead atoms. The Morgan fingerprint density at radius 1 is 0.840 bits per heavy atom. The predicted molar refractivity (Wildman–Crippen MR) is 102 cm³/mol. The number of esters is 1. The van der Waals surface area contributed by atoms with Gasteiger partial charge in [0.05, 0.1) is 0 Å². The van der Waals surface area contributed by atoms with Crippen molar-refractivity contribution >= 4 is 5.97 Å². The maximum atomic E-state index is 11.5. The third-order valence-corrected chi connectivity index (χ3v) is 6.92. The first-order valence-electron chi connectivity index (χ1n) is 10.8. The summed E-state index contributed by atoms with van der Waals surface area (Å²) in [6.07, 6.45) is 18.5. The number of hydrogen-bond acceptors (Lipinski definition) is 3. The minimum Gasteiger partial charge on any atom is -0.459 e. The van der Waals surface area contributed by atoms with Gasteiger partial charge in [-0.1, -0.05) is 32.8 Å². The standard InChI is InChI=1S/C22H37NO2/c1-3-22(24)25-21-15-13-20(14-16-21)23(18-7-5-4-6-8-18)19-11-9-17(2)10-12-19/h3,17-21H,1,4-16H2,2H3. The Morgan fingerprint density at radius 2 is 1.36 bits per heavy atom. The van der Waals surface area contributed by atoms with Crippen LogP contribution in [0, 0.1) is 5.92 Å². The Bertz CT molecular complexity index is 427. The molecule has 3 aliphatic rings. The van der Waals surface area contributed by atoms with Crippen molar-refractivity contribution in [3.63, 3.8) is 0 Å². The van der Waals surface area contributed by atoms with Crippen LogP contribution in [0.2, 0.25) is 0 Å². The van der Waals surface area contributed by atoms with Gasteiger partial charge in [-0.25, -0.2) is 4.79 Å². The normalized spacial score (nSPS) is 34.6. The van der Waals surface area contributed by atoms with Crippen molar-refractivity contribution in [1.29, 1.82) is 0 Å². The lowest BCUT2D eigenvalue weighted by atomic mass is 9.81. The quantitative estimate of drug-likeness (QED) is 0.503. The van der Waals surface area contributed by atoms with Crippen molar-refractivity contribution in [1.82, 2.24) is 4.90 Å². The smallest absolute Gasteiger partial charge is 0.330 e. The fourth-order valence-corrected chi connectivity index (χ4v) is 5.49. The predicted octanol–water partition coefficient (Wildman–Crippen LogP) is 5.24. The molecule has 0 saturated heterocycles. The summed E-state index contributed by atoms with van der Waals surface area (Å²) in [5.41, 5.74) is 0. The van der Waals surface area contributed by atoms with E-state index in [4.69, 9.17) is 4.74 Å². The topological polar surface area (TPSA) is 29.5 Å². The monoisotopic (exact) mass is 347 g/mol. The van der Waals surface area contributed by atoms with Crippen molar-refractivity contribution in [2.24, 2.45) is 5.92 Å². The van der Waals surface area contributed by atoms with Gasteiger partial charge in [0.1, 0.15) is 6.10 Å². The van der Waals surface area contributed by atoms with Crippen LogP contribution in [0.25, 0.3) is 0 Å². The lowest BCUT2D eigenvalue weighted by molar-refractivity contribution is -0.145. The van der Waals surface area contributed by atoms with Gasteiger partial charge in [0.25, 0.3) is 0 Å². The summed E-state index contributed by atoms with van der Waals surface area (Å²) in [5.74, 6) is 0.660. The molecule has 142 valence electrons. The van der Waals surface area contributed by atoms with E-state index in [9.17, 15) is 4.79 Å². The molecular formula is C22H37NO2. The van der Waals surface area contributed by atoms with Crippen molar-refractivity contribution in [2.75, 3.05) is 0 Å². The van der Waals surface area contributed by atoms with Gasteiger partial charge in [-0.3, -0.25) is 4.90 Å². The summed E-state index contributed by atoms with van der Waals surface area (Å²) in [6.45, 7) is 5.93. The molecule has 0 amide bonds. The molecule has 25 heavy (non-hydrogen) atoms. The zero-order chi connectivity index (χ0) is 17.6. The average Bonchev–Trinajstić information content (AvgIpc) is 2.66. The largest absolute Gasteiger partial charge is 0.459 e. The molecule has 3 heteroatoms. The van der Waals surface area contributed by atoms with E-state index in [1.54, 1.807) is 0 Å². The summed E-state index contributed by atoms with van der Waals surface area (Å²) in [6, 6.07) is 2.32. The molecule has 3 fully saturated rings. The van der Waals surface area contributed by atoms with Crippen LogP contribution in [-0.2, 0) is 9.53 Å². The first-order valence-corrected chi connectivity index (χ1v) is 10.8. The molecule has 0 aromatic carbocycles. The van der Waals surface area contributed by atoms with E-state index in [0.29, 0.717) is 6.04 Å². The SMILES string of the molecule is C=CC(=O)OC1CCC(N(C2CCCCC2)C2CCC(C)CC2)CC1. The molecule has 3 saturated carbocycles. The second kappa shape index (κ2) is 9.21. The highest BCUT2D eigenvalue weighted by Crippen LogP contribution is 2.37. The summed E-state index contributed by atoms with van der Waals surface area (Å²) in [7, 11) is 0. The highest BCUT2D eigenvalue weighted by molar-refractivity contribution is 5.81. The molecule has 0 aliphatic heterocycles. The Balaban J connectivity index is 1.61. The average molecular weight is 348 g/mol. The first-order chi connectivity index (χ1) is 12.2. The van der Waals surface area contributed by atoms with Gasteiger partial charge in [0.2, 0.25) is 0 Å². The van der Waals surface area contributed by atoms with E-state index >= 15 is 0 Å². The van der Waals surface area contributed by atoms with Crippen LogP contribution in [0.15, 0.2) is 12.7 Å². The highest BCUT2D eigenvalue weighted by Gasteiger charge is 2.37. The summed E-state index contributed by atoms with van der Waals surface area (Å²) < 4.78 is 5.50. The van der Waals surface area contributed by atoms with Crippen molar-refractivity contribution in [2.45, 2.75) is 115 Å². The fourth-order valence-electron chi connectivity index (χ4n) is 5.49. The second-order valence-electron chi connectivity index (χ2n) is 8.72. The van der Waals surface area contributed by atoms with E-state index in [1.807, 2.05) is 0 Å². The molecule has 0 heterocycles. The van der Waals surface area contributed by atoms with Crippen molar-refractivity contribution < 1.29 is 9.53 Å². The van der Waals surface area contributed by atoms with Gasteiger partial charge in [-0.05, 0) is 70.1 Å². The van der Waals surface area contributed by atoms with E-state index in [2.05, 4.69) is 18.4 Å². The zero-order valence-corrected chi connectivity index (χ0v) is 16.1. The highest BCUT2D eigenvalue weighted by atomic mass is 16.5. The summed E-state index contributed by atoms with van der Waals surface area (Å²) in [5, 5.41) is 0. The van der Waals surface area contributed by atoms with Crippen LogP contribution in [0.1, 0.15) is 90.4 Å². The molecular weight excluding hydrogens is 310 g/mol. The van der Waals surface area contributed by atoms with Gasteiger partial charge in [0.15, 0.2) is 0 Å². The second-order valence-corrected chi connectivity index (χ2v) is 8.72. The molecule has 0 N–H and O–H groups in total. The lowest BCUT2D eigenvalue weighted by Crippen LogP contribution is -2.52. The van der Waals surface area contributed by atoms with Gasteiger partial charge < -0.3 is 4.74 Å². The number of carbonyl (C=O) groups is 1. The summed E-state index contributed by atoms with van der Waals surface area (Å²) >= 11 is 0. The number of ether oxygens (including phenoxy) is 1. The Morgan fingerprint density at radius 3 is 1.92 bits per heavy atom. The van der Waals surface area contributed by atoms with Crippen molar-refractivity contribution in [3.05, 3.63) is 12.7 Å². The maximum Gasteiger partial charge on any atom is 0.330 e. The Labute approximate surface area is 154 Å². The first kappa shape index (κ1) is 18.9. The molecule has 0 aromatic heterocycles. The number of hydrogen-bond donors (Lipinski definition) is 0.